The van der Waals surface area contributed by atoms with Crippen LogP contribution in [0.3, 0.4) is 0 Å². The first kappa shape index (κ1) is 22.8. The van der Waals surface area contributed by atoms with Crippen LogP contribution >= 0.6 is 0 Å². The first-order valence-electron chi connectivity index (χ1n) is 8.11. The van der Waals surface area contributed by atoms with Gasteiger partial charge in [-0.25, -0.2) is 4.99 Å². The minimum Gasteiger partial charge on any atom is -0.385 e. The summed E-state index contributed by atoms with van der Waals surface area (Å²) in [5.74, 6) is 0.974. The average Bonchev–Trinajstić information content (AvgIpc) is 2.47. The van der Waals surface area contributed by atoms with Crippen molar-refractivity contribution in [2.45, 2.75) is 48.5 Å². The summed E-state index contributed by atoms with van der Waals surface area (Å²) in [6.07, 6.45) is 1.35. The highest BCUT2D eigenvalue weighted by Gasteiger charge is 2.44. The van der Waals surface area contributed by atoms with Crippen LogP contribution in [-0.4, -0.2) is 48.6 Å². The Morgan fingerprint density at radius 1 is 0.840 bits per heavy atom. The molecule has 0 atom stereocenters. The van der Waals surface area contributed by atoms with Crippen LogP contribution in [0.2, 0.25) is 0 Å². The van der Waals surface area contributed by atoms with Gasteiger partial charge < -0.3 is 16.4 Å². The second kappa shape index (κ2) is 7.76. The summed E-state index contributed by atoms with van der Waals surface area (Å²) >= 11 is 0. The molecule has 0 unspecified atom stereocenters. The maximum Gasteiger partial charge on any atom is 0.139 e. The van der Waals surface area contributed by atoms with Crippen LogP contribution in [-0.2, 0) is 0 Å². The Morgan fingerprint density at radius 2 is 1.28 bits per heavy atom. The van der Waals surface area contributed by atoms with Gasteiger partial charge in [0.2, 0.25) is 0 Å². The molecule has 0 aromatic rings. The molecule has 0 heterocycles. The van der Waals surface area contributed by atoms with Crippen molar-refractivity contribution in [2.75, 3.05) is 14.1 Å². The van der Waals surface area contributed by atoms with Crippen molar-refractivity contribution in [3.05, 3.63) is 0 Å². The zero-order valence-electron chi connectivity index (χ0n) is 17.0. The van der Waals surface area contributed by atoms with Gasteiger partial charge in [-0.05, 0) is 0 Å². The van der Waals surface area contributed by atoms with Crippen LogP contribution < -0.4 is 11.5 Å². The molecule has 8 nitrogen and oxygen atoms in total. The molecule has 8 heteroatoms. The second-order valence-electron chi connectivity index (χ2n) is 8.36. The van der Waals surface area contributed by atoms with Gasteiger partial charge in [0.25, 0.3) is 0 Å². The van der Waals surface area contributed by atoms with Crippen molar-refractivity contribution in [3.63, 3.8) is 0 Å². The molecular formula is C17H34N8. The minimum absolute atomic E-state index is 0.107. The van der Waals surface area contributed by atoms with Crippen LogP contribution in [0.15, 0.2) is 15.2 Å². The van der Waals surface area contributed by atoms with Gasteiger partial charge in [0.15, 0.2) is 0 Å². The number of nitrogens with two attached hydrogens (primary N) is 2. The van der Waals surface area contributed by atoms with Gasteiger partial charge in [0.1, 0.15) is 23.3 Å². The number of hydrogen-bond donors (Lipinski definition) is 4. The van der Waals surface area contributed by atoms with Crippen LogP contribution in [0.1, 0.15) is 48.5 Å². The van der Waals surface area contributed by atoms with Crippen LogP contribution in [0, 0.1) is 27.1 Å². The number of amidine groups is 4. The SMILES string of the molecule is CN(C)C(=N)/C=N\C(=N)C(C)(C)C(C)(C)/C(N)=N/N=C(\N)C(C)(C)C. The van der Waals surface area contributed by atoms with Gasteiger partial charge in [-0.3, -0.25) is 10.8 Å². The van der Waals surface area contributed by atoms with Crippen molar-refractivity contribution in [2.24, 2.45) is 42.9 Å². The Hall–Kier alpha value is -2.25. The van der Waals surface area contributed by atoms with Crippen LogP contribution in [0.25, 0.3) is 0 Å². The number of hydrogen-bond acceptors (Lipinski definition) is 4. The van der Waals surface area contributed by atoms with Gasteiger partial charge in [0, 0.05) is 30.3 Å². The lowest BCUT2D eigenvalue weighted by Gasteiger charge is -2.39. The molecule has 0 aromatic carbocycles. The highest BCUT2D eigenvalue weighted by molar-refractivity contribution is 6.29. The Labute approximate surface area is 151 Å². The van der Waals surface area contributed by atoms with E-state index in [1.807, 2.05) is 48.5 Å². The maximum absolute atomic E-state index is 8.31. The predicted octanol–water partition coefficient (Wildman–Crippen LogP) is 2.30. The molecule has 0 saturated heterocycles. The van der Waals surface area contributed by atoms with Gasteiger partial charge in [-0.1, -0.05) is 48.5 Å². The zero-order chi connectivity index (χ0) is 20.2. The summed E-state index contributed by atoms with van der Waals surface area (Å²) in [5, 5.41) is 24.2. The number of rotatable bonds is 5. The summed E-state index contributed by atoms with van der Waals surface area (Å²) in [6.45, 7) is 13.3. The van der Waals surface area contributed by atoms with Crippen molar-refractivity contribution in [3.8, 4) is 0 Å². The van der Waals surface area contributed by atoms with Crippen molar-refractivity contribution in [1.82, 2.24) is 4.90 Å². The third-order valence-electron chi connectivity index (χ3n) is 4.63. The maximum atomic E-state index is 8.31. The predicted molar refractivity (Wildman–Crippen MR) is 108 cm³/mol. The normalized spacial score (nSPS) is 14.8. The van der Waals surface area contributed by atoms with E-state index in [1.165, 1.54) is 6.21 Å². The Kier molecular flexibility index (Phi) is 7.06. The molecule has 0 aliphatic rings. The van der Waals surface area contributed by atoms with E-state index in [0.717, 1.165) is 0 Å². The van der Waals surface area contributed by atoms with E-state index in [9.17, 15) is 0 Å². The standard InChI is InChI=1S/C17H34N8/c1-15(2,3)12(19)23-24-14(21)17(6,7)16(4,5)13(20)22-10-11(18)25(8)9/h10,18,20H,1-9H3,(H2,19,23)(H2,21,24)/b18-11?,20-13?,22-10-. The molecule has 0 saturated carbocycles. The van der Waals surface area contributed by atoms with Crippen molar-refractivity contribution >= 4 is 29.6 Å². The number of nitrogens with one attached hydrogen (secondary N) is 2. The van der Waals surface area contributed by atoms with Crippen LogP contribution in [0.4, 0.5) is 0 Å². The summed E-state index contributed by atoms with van der Waals surface area (Å²) in [6, 6.07) is 0. The van der Waals surface area contributed by atoms with Gasteiger partial charge in [-0.2, -0.15) is 0 Å². The number of aliphatic imine (C=N–C) groups is 1. The summed E-state index contributed by atoms with van der Waals surface area (Å²) < 4.78 is 0. The van der Waals surface area contributed by atoms with Crippen molar-refractivity contribution in [1.29, 1.82) is 10.8 Å². The monoisotopic (exact) mass is 350 g/mol. The van der Waals surface area contributed by atoms with E-state index in [-0.39, 0.29) is 22.9 Å². The zero-order valence-corrected chi connectivity index (χ0v) is 17.0. The molecule has 25 heavy (non-hydrogen) atoms. The molecule has 0 bridgehead atoms. The lowest BCUT2D eigenvalue weighted by Crippen LogP contribution is -2.47. The molecular weight excluding hydrogens is 316 g/mol. The molecule has 6 N–H and O–H groups in total. The van der Waals surface area contributed by atoms with E-state index in [2.05, 4.69) is 15.2 Å². The van der Waals surface area contributed by atoms with Gasteiger partial charge in [0.05, 0.1) is 6.21 Å². The highest BCUT2D eigenvalue weighted by Crippen LogP contribution is 2.40. The number of nitrogens with zero attached hydrogens (tertiary/aromatic N) is 4. The van der Waals surface area contributed by atoms with E-state index < -0.39 is 10.8 Å². The topological polar surface area (TPSA) is 140 Å². The highest BCUT2D eigenvalue weighted by atomic mass is 15.3. The lowest BCUT2D eigenvalue weighted by atomic mass is 9.66. The average molecular weight is 351 g/mol. The third kappa shape index (κ3) is 5.65. The van der Waals surface area contributed by atoms with E-state index in [1.54, 1.807) is 19.0 Å². The first-order chi connectivity index (χ1) is 11.0. The van der Waals surface area contributed by atoms with E-state index in [4.69, 9.17) is 22.3 Å². The van der Waals surface area contributed by atoms with Gasteiger partial charge >= 0.3 is 0 Å². The summed E-state index contributed by atoms with van der Waals surface area (Å²) in [7, 11) is 3.49. The van der Waals surface area contributed by atoms with Gasteiger partial charge in [-0.15, -0.1) is 10.2 Å². The molecule has 142 valence electrons. The third-order valence-corrected chi connectivity index (χ3v) is 4.63. The fraction of sp³-hybridized carbons (Fsp3) is 0.706. The molecule has 0 fully saturated rings. The Morgan fingerprint density at radius 3 is 1.68 bits per heavy atom. The molecule has 0 rings (SSSR count). The van der Waals surface area contributed by atoms with Crippen LogP contribution in [0.5, 0.6) is 0 Å². The Bertz CT molecular complexity index is 601. The largest absolute Gasteiger partial charge is 0.385 e. The quantitative estimate of drug-likeness (QED) is 0.343. The lowest BCUT2D eigenvalue weighted by molar-refractivity contribution is 0.280. The van der Waals surface area contributed by atoms with Crippen molar-refractivity contribution < 1.29 is 0 Å². The molecule has 0 spiro atoms. The molecule has 0 aromatic heterocycles. The summed E-state index contributed by atoms with van der Waals surface area (Å²) in [4.78, 5) is 5.73. The fourth-order valence-electron chi connectivity index (χ4n) is 1.40. The smallest absolute Gasteiger partial charge is 0.139 e. The Balaban J connectivity index is 5.59. The fourth-order valence-corrected chi connectivity index (χ4v) is 1.40. The molecule has 0 aliphatic heterocycles. The van der Waals surface area contributed by atoms with E-state index >= 15 is 0 Å². The van der Waals surface area contributed by atoms with E-state index in [0.29, 0.717) is 5.84 Å². The first-order valence-corrected chi connectivity index (χ1v) is 8.11. The minimum atomic E-state index is -0.726. The molecule has 0 amide bonds. The summed E-state index contributed by atoms with van der Waals surface area (Å²) in [5.41, 5.74) is 10.4. The molecule has 0 aliphatic carbocycles. The second-order valence-corrected chi connectivity index (χ2v) is 8.36. The molecule has 0 radical (unpaired) electrons.